The lowest BCUT2D eigenvalue weighted by molar-refractivity contribution is 0.726. The molecule has 28 heavy (non-hydrogen) atoms. The monoisotopic (exact) mass is 400 g/mol. The number of thiazole rings is 1. The van der Waals surface area contributed by atoms with Gasteiger partial charge >= 0.3 is 0 Å². The topological polar surface area (TPSA) is 65.4 Å². The second kappa shape index (κ2) is 11.0. The fraction of sp³-hybridized carbons (Fsp3) is 0.571. The quantitative estimate of drug-likeness (QED) is 0.551. The second-order valence-electron chi connectivity index (χ2n) is 7.10. The molecule has 0 radical (unpaired) electrons. The summed E-state index contributed by atoms with van der Waals surface area (Å²) < 4.78 is 0. The molecule has 0 spiro atoms. The summed E-state index contributed by atoms with van der Waals surface area (Å²) in [5, 5.41) is 7.96. The lowest BCUT2D eigenvalue weighted by Gasteiger charge is -2.22. The number of pyridine rings is 1. The molecule has 2 N–H and O–H groups in total. The van der Waals surface area contributed by atoms with E-state index in [-0.39, 0.29) is 0 Å². The second-order valence-corrected chi connectivity index (χ2v) is 8.30. The van der Waals surface area contributed by atoms with E-state index in [0.29, 0.717) is 0 Å². The first-order valence-electron chi connectivity index (χ1n) is 10.4. The van der Waals surface area contributed by atoms with E-state index in [1.54, 1.807) is 11.3 Å². The molecule has 0 amide bonds. The molecular weight excluding hydrogens is 368 g/mol. The van der Waals surface area contributed by atoms with Gasteiger partial charge < -0.3 is 15.5 Å². The van der Waals surface area contributed by atoms with Gasteiger partial charge in [0.15, 0.2) is 5.96 Å². The number of hydrogen-bond acceptors (Lipinski definition) is 5. The Bertz CT molecular complexity index is 749. The van der Waals surface area contributed by atoms with Gasteiger partial charge in [0.05, 0.1) is 5.01 Å². The molecule has 3 rings (SSSR count). The van der Waals surface area contributed by atoms with Gasteiger partial charge in [0, 0.05) is 56.9 Å². The molecule has 7 heteroatoms. The zero-order valence-electron chi connectivity index (χ0n) is 17.1. The summed E-state index contributed by atoms with van der Waals surface area (Å²) in [4.78, 5) is 17.2. The number of guanidine groups is 1. The van der Waals surface area contributed by atoms with Crippen molar-refractivity contribution in [3.63, 3.8) is 0 Å². The van der Waals surface area contributed by atoms with Crippen molar-refractivity contribution in [3.8, 4) is 0 Å². The molecule has 1 aliphatic rings. The molecule has 1 saturated heterocycles. The van der Waals surface area contributed by atoms with Gasteiger partial charge in [-0.3, -0.25) is 4.99 Å². The summed E-state index contributed by atoms with van der Waals surface area (Å²) >= 11 is 1.80. The highest BCUT2D eigenvalue weighted by Gasteiger charge is 2.11. The highest BCUT2D eigenvalue weighted by molar-refractivity contribution is 7.11. The number of nitrogens with one attached hydrogen (secondary N) is 2. The van der Waals surface area contributed by atoms with Crippen LogP contribution in [0.2, 0.25) is 0 Å². The molecular formula is C21H32N6S. The van der Waals surface area contributed by atoms with E-state index in [0.717, 1.165) is 50.8 Å². The van der Waals surface area contributed by atoms with Gasteiger partial charge in [0.25, 0.3) is 0 Å². The Labute approximate surface area is 172 Å². The lowest BCUT2D eigenvalue weighted by Crippen LogP contribution is -2.37. The highest BCUT2D eigenvalue weighted by atomic mass is 32.1. The Balaban J connectivity index is 1.47. The summed E-state index contributed by atoms with van der Waals surface area (Å²) in [6.45, 7) is 5.96. The SMILES string of the molecule is CCc1cnc(CCNC(=NC)NCc2ccnc(N3CCCCCC3)c2)s1. The normalized spacial score (nSPS) is 15.4. The number of nitrogens with zero attached hydrogens (tertiary/aromatic N) is 4. The van der Waals surface area contributed by atoms with Crippen LogP contribution in [0.25, 0.3) is 0 Å². The van der Waals surface area contributed by atoms with E-state index >= 15 is 0 Å². The van der Waals surface area contributed by atoms with Crippen molar-refractivity contribution in [1.29, 1.82) is 0 Å². The van der Waals surface area contributed by atoms with E-state index in [9.17, 15) is 0 Å². The molecule has 152 valence electrons. The first-order chi connectivity index (χ1) is 13.8. The minimum Gasteiger partial charge on any atom is -0.357 e. The van der Waals surface area contributed by atoms with E-state index in [4.69, 9.17) is 0 Å². The number of rotatable bonds is 7. The summed E-state index contributed by atoms with van der Waals surface area (Å²) in [5.41, 5.74) is 1.23. The number of aromatic nitrogens is 2. The van der Waals surface area contributed by atoms with Crippen LogP contribution in [0, 0.1) is 0 Å². The van der Waals surface area contributed by atoms with Crippen molar-refractivity contribution in [3.05, 3.63) is 40.0 Å². The molecule has 3 heterocycles. The average Bonchev–Trinajstić information content (AvgIpc) is 3.02. The van der Waals surface area contributed by atoms with Crippen LogP contribution in [-0.4, -0.2) is 42.6 Å². The molecule has 0 aliphatic carbocycles. The third kappa shape index (κ3) is 6.19. The molecule has 0 bridgehead atoms. The van der Waals surface area contributed by atoms with Crippen LogP contribution in [-0.2, 0) is 19.4 Å². The van der Waals surface area contributed by atoms with Crippen molar-refractivity contribution in [1.82, 2.24) is 20.6 Å². The van der Waals surface area contributed by atoms with Gasteiger partial charge in [0.1, 0.15) is 5.82 Å². The minimum atomic E-state index is 0.736. The average molecular weight is 401 g/mol. The van der Waals surface area contributed by atoms with Crippen molar-refractivity contribution in [2.45, 2.75) is 52.0 Å². The van der Waals surface area contributed by atoms with Crippen molar-refractivity contribution < 1.29 is 0 Å². The number of anilines is 1. The standard InChI is InChI=1S/C21H32N6S/c1-3-18-16-25-20(28-18)9-11-24-21(22-2)26-15-17-8-10-23-19(14-17)27-12-6-4-5-7-13-27/h8,10,14,16H,3-7,9,11-13,15H2,1-2H3,(H2,22,24,26). The third-order valence-electron chi connectivity index (χ3n) is 5.00. The Morgan fingerprint density at radius 1 is 1.18 bits per heavy atom. The van der Waals surface area contributed by atoms with Gasteiger partial charge in [-0.15, -0.1) is 11.3 Å². The Hall–Kier alpha value is -2.15. The summed E-state index contributed by atoms with van der Waals surface area (Å²) in [6, 6.07) is 4.27. The van der Waals surface area contributed by atoms with Gasteiger partial charge in [-0.2, -0.15) is 0 Å². The zero-order chi connectivity index (χ0) is 19.6. The number of aliphatic imine (C=N–C) groups is 1. The summed E-state index contributed by atoms with van der Waals surface area (Å²) in [7, 11) is 1.81. The third-order valence-corrected chi connectivity index (χ3v) is 6.21. The minimum absolute atomic E-state index is 0.736. The first-order valence-corrected chi connectivity index (χ1v) is 11.2. The van der Waals surface area contributed by atoms with E-state index in [2.05, 4.69) is 49.6 Å². The molecule has 0 saturated carbocycles. The molecule has 1 aliphatic heterocycles. The van der Waals surface area contributed by atoms with Gasteiger partial charge in [-0.05, 0) is 37.0 Å². The maximum atomic E-state index is 4.59. The van der Waals surface area contributed by atoms with Crippen molar-refractivity contribution in [2.24, 2.45) is 4.99 Å². The van der Waals surface area contributed by atoms with Crippen LogP contribution in [0.15, 0.2) is 29.5 Å². The van der Waals surface area contributed by atoms with E-state index < -0.39 is 0 Å². The van der Waals surface area contributed by atoms with Crippen LogP contribution < -0.4 is 15.5 Å². The Morgan fingerprint density at radius 2 is 2.00 bits per heavy atom. The molecule has 2 aromatic heterocycles. The smallest absolute Gasteiger partial charge is 0.191 e. The van der Waals surface area contributed by atoms with Crippen LogP contribution in [0.5, 0.6) is 0 Å². The predicted octanol–water partition coefficient (Wildman–Crippen LogP) is 3.39. The van der Waals surface area contributed by atoms with Crippen LogP contribution in [0.4, 0.5) is 5.82 Å². The van der Waals surface area contributed by atoms with Crippen LogP contribution >= 0.6 is 11.3 Å². The predicted molar refractivity (Wildman–Crippen MR) is 118 cm³/mol. The van der Waals surface area contributed by atoms with Gasteiger partial charge in [-0.25, -0.2) is 9.97 Å². The zero-order valence-corrected chi connectivity index (χ0v) is 17.9. The Kier molecular flexibility index (Phi) is 8.08. The lowest BCUT2D eigenvalue weighted by atomic mass is 10.2. The number of aryl methyl sites for hydroxylation is 1. The maximum absolute atomic E-state index is 4.59. The molecule has 6 nitrogen and oxygen atoms in total. The van der Waals surface area contributed by atoms with E-state index in [1.165, 1.54) is 41.1 Å². The Morgan fingerprint density at radius 3 is 2.71 bits per heavy atom. The fourth-order valence-electron chi connectivity index (χ4n) is 3.36. The molecule has 0 atom stereocenters. The van der Waals surface area contributed by atoms with Crippen LogP contribution in [0.3, 0.4) is 0 Å². The first kappa shape index (κ1) is 20.6. The van der Waals surface area contributed by atoms with E-state index in [1.807, 2.05) is 19.4 Å². The van der Waals surface area contributed by atoms with Gasteiger partial charge in [0.2, 0.25) is 0 Å². The fourth-order valence-corrected chi connectivity index (χ4v) is 4.23. The molecule has 0 aromatic carbocycles. The maximum Gasteiger partial charge on any atom is 0.191 e. The largest absolute Gasteiger partial charge is 0.357 e. The summed E-state index contributed by atoms with van der Waals surface area (Å²) in [6.07, 6.45) is 11.1. The van der Waals surface area contributed by atoms with Crippen molar-refractivity contribution in [2.75, 3.05) is 31.6 Å². The van der Waals surface area contributed by atoms with Crippen molar-refractivity contribution >= 4 is 23.1 Å². The van der Waals surface area contributed by atoms with Gasteiger partial charge in [-0.1, -0.05) is 19.8 Å². The molecule has 1 fully saturated rings. The number of hydrogen-bond donors (Lipinski definition) is 2. The summed E-state index contributed by atoms with van der Waals surface area (Å²) in [5.74, 6) is 1.92. The molecule has 0 unspecified atom stereocenters. The molecule has 2 aromatic rings. The highest BCUT2D eigenvalue weighted by Crippen LogP contribution is 2.18. The van der Waals surface area contributed by atoms with Crippen LogP contribution in [0.1, 0.15) is 48.1 Å².